The molecule has 0 aliphatic heterocycles. The van der Waals surface area contributed by atoms with E-state index in [9.17, 15) is 13.2 Å². The minimum atomic E-state index is -3.71. The van der Waals surface area contributed by atoms with Crippen LogP contribution in [0, 0.1) is 0 Å². The lowest BCUT2D eigenvalue weighted by atomic mass is 10.2. The Kier molecular flexibility index (Phi) is 4.13. The average Bonchev–Trinajstić information content (AvgIpc) is 3.16. The number of sulfonamides is 1. The summed E-state index contributed by atoms with van der Waals surface area (Å²) < 4.78 is 30.8. The van der Waals surface area contributed by atoms with Crippen molar-refractivity contribution in [2.24, 2.45) is 7.05 Å². The van der Waals surface area contributed by atoms with Gasteiger partial charge in [0.2, 0.25) is 15.3 Å². The first-order chi connectivity index (χ1) is 12.7. The molecular weight excluding hydrogens is 390 g/mol. The Morgan fingerprint density at radius 2 is 2.07 bits per heavy atom. The Labute approximate surface area is 160 Å². The lowest BCUT2D eigenvalue weighted by Crippen LogP contribution is -2.34. The molecule has 1 aromatic carbocycles. The molecule has 4 rings (SSSR count). The van der Waals surface area contributed by atoms with Crippen molar-refractivity contribution in [3.63, 3.8) is 0 Å². The molecule has 1 aliphatic carbocycles. The predicted molar refractivity (Wildman–Crippen MR) is 101 cm³/mol. The zero-order chi connectivity index (χ0) is 19.4. The molecule has 142 valence electrons. The number of hydrogen-bond donors (Lipinski definition) is 1. The van der Waals surface area contributed by atoms with Gasteiger partial charge >= 0.3 is 0 Å². The van der Waals surface area contributed by atoms with Crippen molar-refractivity contribution >= 4 is 32.5 Å². The second-order valence-corrected chi connectivity index (χ2v) is 9.16. The summed E-state index contributed by atoms with van der Waals surface area (Å²) in [5.41, 5.74) is 0.342. The van der Waals surface area contributed by atoms with Gasteiger partial charge in [-0.05, 0) is 49.6 Å². The number of benzene rings is 1. The van der Waals surface area contributed by atoms with Crippen molar-refractivity contribution in [1.29, 1.82) is 0 Å². The second-order valence-electron chi connectivity index (χ2n) is 7.14. The normalized spacial score (nSPS) is 16.0. The van der Waals surface area contributed by atoms with E-state index in [-0.39, 0.29) is 22.1 Å². The van der Waals surface area contributed by atoms with Crippen LogP contribution in [0.2, 0.25) is 5.28 Å². The third kappa shape index (κ3) is 3.50. The molecule has 0 spiro atoms. The van der Waals surface area contributed by atoms with E-state index < -0.39 is 21.1 Å². The van der Waals surface area contributed by atoms with Gasteiger partial charge in [0, 0.05) is 24.3 Å². The molecule has 0 amide bonds. The molecule has 27 heavy (non-hydrogen) atoms. The number of aryl methyl sites for hydroxylation is 1. The predicted octanol–water partition coefficient (Wildman–Crippen LogP) is 1.66. The van der Waals surface area contributed by atoms with Crippen LogP contribution < -0.4 is 10.3 Å². The molecular formula is C17H18ClN5O3S. The third-order valence-corrected chi connectivity index (χ3v) is 6.59. The SMILES string of the molecule is Cn1cc(Cn2c(Cl)nc3ccc(S(=O)(=O)NC4(C)CC4)cc3c2=O)cn1. The van der Waals surface area contributed by atoms with Crippen LogP contribution in [-0.4, -0.2) is 33.3 Å². The zero-order valence-electron chi connectivity index (χ0n) is 14.8. The summed E-state index contributed by atoms with van der Waals surface area (Å²) in [6.07, 6.45) is 5.01. The first-order valence-electron chi connectivity index (χ1n) is 8.38. The molecule has 1 fully saturated rings. The van der Waals surface area contributed by atoms with Crippen molar-refractivity contribution in [2.45, 2.75) is 36.7 Å². The Balaban J connectivity index is 1.79. The van der Waals surface area contributed by atoms with Crippen LogP contribution in [0.4, 0.5) is 0 Å². The van der Waals surface area contributed by atoms with Gasteiger partial charge < -0.3 is 0 Å². The molecule has 0 bridgehead atoms. The first-order valence-corrected chi connectivity index (χ1v) is 10.2. The van der Waals surface area contributed by atoms with E-state index in [0.717, 1.165) is 18.4 Å². The summed E-state index contributed by atoms with van der Waals surface area (Å²) in [4.78, 5) is 17.2. The topological polar surface area (TPSA) is 98.9 Å². The smallest absolute Gasteiger partial charge is 0.262 e. The first kappa shape index (κ1) is 18.1. The molecule has 3 aromatic rings. The van der Waals surface area contributed by atoms with Gasteiger partial charge in [-0.2, -0.15) is 5.10 Å². The maximum absolute atomic E-state index is 12.9. The minimum Gasteiger partial charge on any atom is -0.278 e. The van der Waals surface area contributed by atoms with Crippen molar-refractivity contribution in [3.8, 4) is 0 Å². The number of fused-ring (bicyclic) bond motifs is 1. The van der Waals surface area contributed by atoms with E-state index >= 15 is 0 Å². The summed E-state index contributed by atoms with van der Waals surface area (Å²) >= 11 is 6.18. The number of nitrogens with zero attached hydrogens (tertiary/aromatic N) is 4. The van der Waals surface area contributed by atoms with Crippen molar-refractivity contribution in [1.82, 2.24) is 24.1 Å². The zero-order valence-corrected chi connectivity index (χ0v) is 16.4. The van der Waals surface area contributed by atoms with Crippen LogP contribution in [0.3, 0.4) is 0 Å². The van der Waals surface area contributed by atoms with E-state index in [1.807, 2.05) is 6.92 Å². The van der Waals surface area contributed by atoms with Gasteiger partial charge in [0.25, 0.3) is 5.56 Å². The Bertz CT molecular complexity index is 1210. The summed E-state index contributed by atoms with van der Waals surface area (Å²) in [5.74, 6) is 0. The molecule has 10 heteroatoms. The molecule has 0 saturated heterocycles. The van der Waals surface area contributed by atoms with Gasteiger partial charge in [-0.3, -0.25) is 14.0 Å². The standard InChI is InChI=1S/C17H18ClN5O3S/c1-17(5-6-17)21-27(25,26)12-3-4-14-13(7-12)15(24)23(16(18)20-14)10-11-8-19-22(2)9-11/h3-4,7-9,21H,5-6,10H2,1-2H3. The number of halogens is 1. The summed E-state index contributed by atoms with van der Waals surface area (Å²) in [7, 11) is -1.94. The summed E-state index contributed by atoms with van der Waals surface area (Å²) in [6.45, 7) is 2.05. The molecule has 1 N–H and O–H groups in total. The van der Waals surface area contributed by atoms with Crippen LogP contribution in [0.5, 0.6) is 0 Å². The van der Waals surface area contributed by atoms with Crippen molar-refractivity contribution in [2.75, 3.05) is 0 Å². The molecule has 0 radical (unpaired) electrons. The highest BCUT2D eigenvalue weighted by Crippen LogP contribution is 2.36. The quantitative estimate of drug-likeness (QED) is 0.648. The van der Waals surface area contributed by atoms with Gasteiger partial charge in [0.15, 0.2) is 0 Å². The van der Waals surface area contributed by atoms with Gasteiger partial charge in [-0.1, -0.05) is 0 Å². The molecule has 1 saturated carbocycles. The highest BCUT2D eigenvalue weighted by molar-refractivity contribution is 7.89. The van der Waals surface area contributed by atoms with Gasteiger partial charge in [-0.25, -0.2) is 18.1 Å². The van der Waals surface area contributed by atoms with Crippen LogP contribution >= 0.6 is 11.6 Å². The Morgan fingerprint density at radius 1 is 1.33 bits per heavy atom. The molecule has 2 heterocycles. The molecule has 1 aliphatic rings. The van der Waals surface area contributed by atoms with E-state index in [1.54, 1.807) is 24.1 Å². The number of rotatable bonds is 5. The minimum absolute atomic E-state index is 0.0376. The fraction of sp³-hybridized carbons (Fsp3) is 0.353. The van der Waals surface area contributed by atoms with Crippen LogP contribution in [0.1, 0.15) is 25.3 Å². The van der Waals surface area contributed by atoms with Crippen LogP contribution in [-0.2, 0) is 23.6 Å². The molecule has 0 atom stereocenters. The second kappa shape index (κ2) is 6.15. The van der Waals surface area contributed by atoms with Gasteiger partial charge in [-0.15, -0.1) is 0 Å². The van der Waals surface area contributed by atoms with Crippen molar-refractivity contribution < 1.29 is 8.42 Å². The van der Waals surface area contributed by atoms with Crippen LogP contribution in [0.25, 0.3) is 10.9 Å². The number of hydrogen-bond acceptors (Lipinski definition) is 5. The van der Waals surface area contributed by atoms with Crippen LogP contribution in [0.15, 0.2) is 40.3 Å². The van der Waals surface area contributed by atoms with E-state index in [4.69, 9.17) is 11.6 Å². The monoisotopic (exact) mass is 407 g/mol. The molecule has 0 unspecified atom stereocenters. The highest BCUT2D eigenvalue weighted by atomic mass is 35.5. The fourth-order valence-electron chi connectivity index (χ4n) is 2.89. The van der Waals surface area contributed by atoms with Crippen molar-refractivity contribution in [3.05, 3.63) is 51.8 Å². The number of aromatic nitrogens is 4. The van der Waals surface area contributed by atoms with Gasteiger partial charge in [0.1, 0.15) is 0 Å². The maximum atomic E-state index is 12.9. The Hall–Kier alpha value is -2.23. The average molecular weight is 408 g/mol. The fourth-order valence-corrected chi connectivity index (χ4v) is 4.60. The lowest BCUT2D eigenvalue weighted by Gasteiger charge is -2.13. The van der Waals surface area contributed by atoms with E-state index in [0.29, 0.717) is 5.52 Å². The Morgan fingerprint density at radius 3 is 2.70 bits per heavy atom. The number of nitrogens with one attached hydrogen (secondary N) is 1. The van der Waals surface area contributed by atoms with Gasteiger partial charge in [0.05, 0.1) is 28.5 Å². The molecule has 8 nitrogen and oxygen atoms in total. The summed E-state index contributed by atoms with van der Waals surface area (Å²) in [6, 6.07) is 4.29. The maximum Gasteiger partial charge on any atom is 0.262 e. The largest absolute Gasteiger partial charge is 0.278 e. The highest BCUT2D eigenvalue weighted by Gasteiger charge is 2.41. The lowest BCUT2D eigenvalue weighted by molar-refractivity contribution is 0.558. The molecule has 2 aromatic heterocycles. The van der Waals surface area contributed by atoms with E-state index in [1.165, 1.54) is 22.8 Å². The van der Waals surface area contributed by atoms with E-state index in [2.05, 4.69) is 14.8 Å². The summed E-state index contributed by atoms with van der Waals surface area (Å²) in [5, 5.41) is 4.31. The third-order valence-electron chi connectivity index (χ3n) is 4.67.